The van der Waals surface area contributed by atoms with Crippen LogP contribution in [0.5, 0.6) is 11.5 Å². The van der Waals surface area contributed by atoms with Crippen molar-refractivity contribution >= 4 is 11.7 Å². The summed E-state index contributed by atoms with van der Waals surface area (Å²) in [5.74, 6) is 0.780. The fourth-order valence-corrected chi connectivity index (χ4v) is 2.43. The molecule has 1 aliphatic heterocycles. The fraction of sp³-hybridized carbons (Fsp3) is 0.353. The van der Waals surface area contributed by atoms with E-state index in [1.807, 2.05) is 12.1 Å². The molecule has 0 bridgehead atoms. The minimum absolute atomic E-state index is 0.212. The molecule has 2 heterocycles. The van der Waals surface area contributed by atoms with Crippen molar-refractivity contribution in [3.8, 4) is 11.5 Å². The average molecular weight is 361 g/mol. The number of hydrogen-bond donors (Lipinski definition) is 1. The van der Waals surface area contributed by atoms with E-state index >= 15 is 0 Å². The normalized spacial score (nSPS) is 18.8. The smallest absolute Gasteiger partial charge is 0.344 e. The first-order valence-corrected chi connectivity index (χ1v) is 7.96. The molecule has 0 saturated carbocycles. The van der Waals surface area contributed by atoms with E-state index in [4.69, 9.17) is 23.5 Å². The number of rotatable bonds is 7. The molecule has 9 heteroatoms. The highest BCUT2D eigenvalue weighted by Gasteiger charge is 2.37. The number of carbonyl (C=O) groups is 1. The molecule has 0 spiro atoms. The number of aromatic nitrogens is 2. The van der Waals surface area contributed by atoms with Crippen LogP contribution in [0.1, 0.15) is 25.3 Å². The van der Waals surface area contributed by atoms with E-state index in [1.165, 1.54) is 13.5 Å². The van der Waals surface area contributed by atoms with E-state index in [0.29, 0.717) is 29.7 Å². The summed E-state index contributed by atoms with van der Waals surface area (Å²) in [6.45, 7) is 3.61. The van der Waals surface area contributed by atoms with Crippen LogP contribution in [0.15, 0.2) is 35.1 Å². The van der Waals surface area contributed by atoms with Gasteiger partial charge in [0.1, 0.15) is 0 Å². The number of carbonyl (C=O) groups excluding carboxylic acids is 1. The van der Waals surface area contributed by atoms with Gasteiger partial charge in [0.2, 0.25) is 6.39 Å². The molecule has 0 radical (unpaired) electrons. The van der Waals surface area contributed by atoms with Crippen molar-refractivity contribution in [2.24, 2.45) is 0 Å². The van der Waals surface area contributed by atoms with Crippen LogP contribution in [-0.4, -0.2) is 36.5 Å². The molecule has 1 aromatic heterocycles. The maximum atomic E-state index is 11.5. The van der Waals surface area contributed by atoms with Gasteiger partial charge in [-0.1, -0.05) is 0 Å². The average Bonchev–Trinajstić information content (AvgIpc) is 3.31. The third-order valence-corrected chi connectivity index (χ3v) is 3.70. The molecular formula is C17H19N3O6. The molecule has 26 heavy (non-hydrogen) atoms. The first kappa shape index (κ1) is 17.7. The predicted molar refractivity (Wildman–Crippen MR) is 89.0 cm³/mol. The zero-order chi connectivity index (χ0) is 18.6. The van der Waals surface area contributed by atoms with Gasteiger partial charge in [0, 0.05) is 5.56 Å². The molecule has 138 valence electrons. The Morgan fingerprint density at radius 3 is 2.88 bits per heavy atom. The van der Waals surface area contributed by atoms with Crippen molar-refractivity contribution in [2.75, 3.05) is 20.3 Å². The van der Waals surface area contributed by atoms with Crippen molar-refractivity contribution in [2.45, 2.75) is 19.4 Å². The van der Waals surface area contributed by atoms with Crippen molar-refractivity contribution in [1.29, 1.82) is 0 Å². The van der Waals surface area contributed by atoms with Crippen LogP contribution in [-0.2, 0) is 20.0 Å². The maximum Gasteiger partial charge on any atom is 0.344 e. The number of esters is 1. The van der Waals surface area contributed by atoms with E-state index < -0.39 is 11.6 Å². The van der Waals surface area contributed by atoms with Crippen molar-refractivity contribution in [3.63, 3.8) is 0 Å². The van der Waals surface area contributed by atoms with Crippen LogP contribution < -0.4 is 15.0 Å². The molecule has 1 N–H and O–H groups in total. The summed E-state index contributed by atoms with van der Waals surface area (Å²) < 4.78 is 20.9. The first-order chi connectivity index (χ1) is 12.6. The lowest BCUT2D eigenvalue weighted by Crippen LogP contribution is -2.23. The summed E-state index contributed by atoms with van der Waals surface area (Å²) in [7, 11) is 1.52. The molecule has 1 aliphatic rings. The highest BCUT2D eigenvalue weighted by Crippen LogP contribution is 2.36. The van der Waals surface area contributed by atoms with Gasteiger partial charge in [0.05, 0.1) is 19.4 Å². The lowest BCUT2D eigenvalue weighted by Gasteiger charge is -2.14. The van der Waals surface area contributed by atoms with E-state index in [9.17, 15) is 4.79 Å². The van der Waals surface area contributed by atoms with E-state index in [1.54, 1.807) is 26.0 Å². The Labute approximate surface area is 149 Å². The standard InChI is InChI=1S/C17H19N3O6/c1-4-23-15(21)9-24-14-7-11(5-6-13(14)22-3)12-8-17(2,26-20-12)16-19-18-10-25-16/h5-8,10,20H,4,9H2,1-3H3. The Morgan fingerprint density at radius 2 is 2.19 bits per heavy atom. The van der Waals surface area contributed by atoms with Crippen LogP contribution in [0.3, 0.4) is 0 Å². The van der Waals surface area contributed by atoms with Gasteiger partial charge in [-0.05, 0) is 38.1 Å². The van der Waals surface area contributed by atoms with Crippen molar-refractivity contribution in [1.82, 2.24) is 15.7 Å². The van der Waals surface area contributed by atoms with Gasteiger partial charge in [-0.25, -0.2) is 4.79 Å². The third kappa shape index (κ3) is 3.62. The minimum atomic E-state index is -0.891. The number of hydroxylamine groups is 1. The molecule has 0 aliphatic carbocycles. The molecule has 2 aromatic rings. The highest BCUT2D eigenvalue weighted by molar-refractivity contribution is 5.72. The molecule has 0 amide bonds. The summed E-state index contributed by atoms with van der Waals surface area (Å²) in [5, 5.41) is 7.56. The number of ether oxygens (including phenoxy) is 3. The van der Waals surface area contributed by atoms with Crippen molar-refractivity contribution in [3.05, 3.63) is 42.1 Å². The first-order valence-electron chi connectivity index (χ1n) is 7.96. The van der Waals surface area contributed by atoms with Gasteiger partial charge in [-0.2, -0.15) is 0 Å². The molecule has 1 unspecified atom stereocenters. The highest BCUT2D eigenvalue weighted by atomic mass is 16.7. The molecule has 0 saturated heterocycles. The second-order valence-electron chi connectivity index (χ2n) is 5.57. The van der Waals surface area contributed by atoms with Gasteiger partial charge < -0.3 is 18.6 Å². The number of benzene rings is 1. The Kier molecular flexibility index (Phi) is 5.08. The molecule has 9 nitrogen and oxygen atoms in total. The van der Waals surface area contributed by atoms with Gasteiger partial charge in [-0.15, -0.1) is 10.2 Å². The second kappa shape index (κ2) is 7.44. The minimum Gasteiger partial charge on any atom is -0.493 e. The molecule has 1 aromatic carbocycles. The lowest BCUT2D eigenvalue weighted by atomic mass is 10.0. The predicted octanol–water partition coefficient (Wildman–Crippen LogP) is 1.81. The summed E-state index contributed by atoms with van der Waals surface area (Å²) in [5.41, 5.74) is 3.42. The maximum absolute atomic E-state index is 11.5. The Morgan fingerprint density at radius 1 is 1.35 bits per heavy atom. The Bertz CT molecular complexity index is 805. The second-order valence-corrected chi connectivity index (χ2v) is 5.57. The van der Waals surface area contributed by atoms with Gasteiger partial charge in [0.15, 0.2) is 23.7 Å². The Hall–Kier alpha value is -3.07. The van der Waals surface area contributed by atoms with Crippen LogP contribution in [0.4, 0.5) is 0 Å². The summed E-state index contributed by atoms with van der Waals surface area (Å²) in [6, 6.07) is 5.30. The quantitative estimate of drug-likeness (QED) is 0.739. The molecular weight excluding hydrogens is 342 g/mol. The summed E-state index contributed by atoms with van der Waals surface area (Å²) >= 11 is 0. The van der Waals surface area contributed by atoms with Crippen LogP contribution in [0, 0.1) is 0 Å². The van der Waals surface area contributed by atoms with Gasteiger partial charge in [-0.3, -0.25) is 10.3 Å². The Balaban J connectivity index is 1.82. The SMILES string of the molecule is CCOC(=O)COc1cc(C2=CC(C)(c3nnco3)ON2)ccc1OC. The molecule has 0 fully saturated rings. The van der Waals surface area contributed by atoms with Gasteiger partial charge >= 0.3 is 5.97 Å². The number of nitrogens with zero attached hydrogens (tertiary/aromatic N) is 2. The van der Waals surface area contributed by atoms with Crippen molar-refractivity contribution < 1.29 is 28.3 Å². The van der Waals surface area contributed by atoms with E-state index in [-0.39, 0.29) is 6.61 Å². The number of methoxy groups -OCH3 is 1. The molecule has 1 atom stereocenters. The van der Waals surface area contributed by atoms with Crippen LogP contribution in [0.25, 0.3) is 5.70 Å². The lowest BCUT2D eigenvalue weighted by molar-refractivity contribution is -0.145. The van der Waals surface area contributed by atoms with E-state index in [0.717, 1.165) is 5.56 Å². The van der Waals surface area contributed by atoms with Crippen LogP contribution >= 0.6 is 0 Å². The van der Waals surface area contributed by atoms with Gasteiger partial charge in [0.25, 0.3) is 5.89 Å². The topological polar surface area (TPSA) is 105 Å². The summed E-state index contributed by atoms with van der Waals surface area (Å²) in [4.78, 5) is 17.1. The molecule has 3 rings (SSSR count). The number of hydrogen-bond acceptors (Lipinski definition) is 9. The zero-order valence-electron chi connectivity index (χ0n) is 14.6. The van der Waals surface area contributed by atoms with E-state index in [2.05, 4.69) is 15.7 Å². The third-order valence-electron chi connectivity index (χ3n) is 3.70. The largest absolute Gasteiger partial charge is 0.493 e. The zero-order valence-corrected chi connectivity index (χ0v) is 14.6. The fourth-order valence-electron chi connectivity index (χ4n) is 2.43. The monoisotopic (exact) mass is 361 g/mol. The summed E-state index contributed by atoms with van der Waals surface area (Å²) in [6.07, 6.45) is 3.06. The number of nitrogens with one attached hydrogen (secondary N) is 1. The van der Waals surface area contributed by atoms with Crippen LogP contribution in [0.2, 0.25) is 0 Å².